The zero-order valence-electron chi connectivity index (χ0n) is 19.0. The van der Waals surface area contributed by atoms with Crippen LogP contribution in [0.1, 0.15) is 31.4 Å². The molecule has 6 heteroatoms. The fraction of sp³-hybridized carbons (Fsp3) is 0.385. The van der Waals surface area contributed by atoms with E-state index in [1.807, 2.05) is 12.2 Å². The van der Waals surface area contributed by atoms with Crippen LogP contribution in [-0.2, 0) is 6.42 Å². The minimum atomic E-state index is -4.35. The Hall–Kier alpha value is -2.89. The zero-order chi connectivity index (χ0) is 23.5. The van der Waals surface area contributed by atoms with Crippen molar-refractivity contribution in [2.75, 3.05) is 20.8 Å². The maximum Gasteiger partial charge on any atom is 0.393 e. The first-order chi connectivity index (χ1) is 15.1. The quantitative estimate of drug-likeness (QED) is 0.422. The molecule has 1 heterocycles. The van der Waals surface area contributed by atoms with Crippen molar-refractivity contribution < 1.29 is 22.6 Å². The lowest BCUT2D eigenvalue weighted by Gasteiger charge is -2.26. The summed E-state index contributed by atoms with van der Waals surface area (Å²) in [6.45, 7) is 9.20. The Morgan fingerprint density at radius 3 is 2.34 bits per heavy atom. The first-order valence-electron chi connectivity index (χ1n) is 10.7. The van der Waals surface area contributed by atoms with Gasteiger partial charge in [-0.1, -0.05) is 38.7 Å². The number of benzene rings is 1. The predicted molar refractivity (Wildman–Crippen MR) is 122 cm³/mol. The lowest BCUT2D eigenvalue weighted by molar-refractivity contribution is -0.127. The molecular weight excluding hydrogens is 415 g/mol. The average Bonchev–Trinajstić information content (AvgIpc) is 3.53. The summed E-state index contributed by atoms with van der Waals surface area (Å²) in [7, 11) is 2.72. The van der Waals surface area contributed by atoms with Crippen LogP contribution in [0.3, 0.4) is 0 Å². The van der Waals surface area contributed by atoms with Gasteiger partial charge in [0.1, 0.15) is 11.5 Å². The van der Waals surface area contributed by atoms with Crippen LogP contribution in [0.5, 0.6) is 11.5 Å². The highest BCUT2D eigenvalue weighted by Crippen LogP contribution is 2.40. The number of hydrogen-bond acceptors (Lipinski definition) is 3. The van der Waals surface area contributed by atoms with Crippen LogP contribution in [0, 0.1) is 11.8 Å². The van der Waals surface area contributed by atoms with Crippen molar-refractivity contribution in [3.63, 3.8) is 0 Å². The smallest absolute Gasteiger partial charge is 0.393 e. The minimum absolute atomic E-state index is 0.00105. The van der Waals surface area contributed by atoms with Crippen molar-refractivity contribution >= 4 is 6.08 Å². The molecule has 2 atom stereocenters. The van der Waals surface area contributed by atoms with Crippen LogP contribution >= 0.6 is 0 Å². The number of ether oxygens (including phenoxy) is 2. The topological polar surface area (TPSA) is 21.7 Å². The number of methoxy groups -OCH3 is 2. The molecule has 1 aliphatic heterocycles. The highest BCUT2D eigenvalue weighted by molar-refractivity contribution is 5.59. The van der Waals surface area contributed by atoms with Crippen LogP contribution < -0.4 is 9.47 Å². The van der Waals surface area contributed by atoms with E-state index in [-0.39, 0.29) is 23.0 Å². The Morgan fingerprint density at radius 1 is 1.19 bits per heavy atom. The van der Waals surface area contributed by atoms with Crippen LogP contribution in [-0.4, -0.2) is 31.8 Å². The summed E-state index contributed by atoms with van der Waals surface area (Å²) in [6.07, 6.45) is 8.17. The van der Waals surface area contributed by atoms with E-state index in [2.05, 4.69) is 49.8 Å². The standard InChI is InChI=1S/C26H30F3NO2/c1-6-20-14-22(20)21-9-10-30(18(3)11-21)16-17(2)7-8-19-12-24(31-4)23(15-26(27,28)29)25(13-19)32-5/h7-14,17,20H,3,6,15-16H2,1-2,4-5H3/b8-7+. The number of halogens is 3. The summed E-state index contributed by atoms with van der Waals surface area (Å²) in [5.41, 5.74) is 4.30. The Bertz CT molecular complexity index is 960. The summed E-state index contributed by atoms with van der Waals surface area (Å²) in [6, 6.07) is 3.21. The lowest BCUT2D eigenvalue weighted by atomic mass is 10.0. The van der Waals surface area contributed by atoms with Gasteiger partial charge in [0.05, 0.1) is 20.6 Å². The van der Waals surface area contributed by atoms with Crippen molar-refractivity contribution in [1.29, 1.82) is 0 Å². The number of rotatable bonds is 9. The molecular formula is C26H30F3NO2. The summed E-state index contributed by atoms with van der Waals surface area (Å²) < 4.78 is 49.3. The van der Waals surface area contributed by atoms with Gasteiger partial charge in [-0.3, -0.25) is 0 Å². The van der Waals surface area contributed by atoms with E-state index in [0.717, 1.165) is 24.2 Å². The SMILES string of the molecule is C=C1C=C(C2=CC2CC)C=CN1CC(C)/C=C/c1cc(OC)c(CC(F)(F)F)c(OC)c1. The van der Waals surface area contributed by atoms with Crippen molar-refractivity contribution in [3.8, 4) is 11.5 Å². The van der Waals surface area contributed by atoms with E-state index >= 15 is 0 Å². The highest BCUT2D eigenvalue weighted by atomic mass is 19.4. The van der Waals surface area contributed by atoms with E-state index in [1.165, 1.54) is 25.4 Å². The Kier molecular flexibility index (Phi) is 7.22. The molecule has 0 fully saturated rings. The molecule has 1 aliphatic carbocycles. The fourth-order valence-corrected chi connectivity index (χ4v) is 3.87. The first kappa shape index (κ1) is 23.8. The third kappa shape index (κ3) is 5.87. The van der Waals surface area contributed by atoms with Gasteiger partial charge >= 0.3 is 6.18 Å². The fourth-order valence-electron chi connectivity index (χ4n) is 3.87. The number of nitrogens with zero attached hydrogens (tertiary/aromatic N) is 1. The maximum absolute atomic E-state index is 12.9. The van der Waals surface area contributed by atoms with E-state index in [0.29, 0.717) is 5.92 Å². The van der Waals surface area contributed by atoms with Gasteiger partial charge in [0.25, 0.3) is 0 Å². The molecule has 32 heavy (non-hydrogen) atoms. The molecule has 0 bridgehead atoms. The van der Waals surface area contributed by atoms with Gasteiger partial charge in [-0.25, -0.2) is 0 Å². The third-order valence-corrected chi connectivity index (χ3v) is 5.68. The van der Waals surface area contributed by atoms with Gasteiger partial charge in [0.2, 0.25) is 0 Å². The van der Waals surface area contributed by atoms with Gasteiger partial charge in [-0.2, -0.15) is 13.2 Å². The van der Waals surface area contributed by atoms with Gasteiger partial charge in [-0.15, -0.1) is 0 Å². The van der Waals surface area contributed by atoms with Crippen LogP contribution in [0.15, 0.2) is 66.1 Å². The highest BCUT2D eigenvalue weighted by Gasteiger charge is 2.31. The first-order valence-corrected chi connectivity index (χ1v) is 10.7. The van der Waals surface area contributed by atoms with Gasteiger partial charge in [-0.05, 0) is 53.3 Å². The predicted octanol–water partition coefficient (Wildman–Crippen LogP) is 6.69. The molecule has 0 amide bonds. The van der Waals surface area contributed by atoms with E-state index in [1.54, 1.807) is 12.1 Å². The lowest BCUT2D eigenvalue weighted by Crippen LogP contribution is -2.22. The number of alkyl halides is 3. The molecule has 0 aromatic heterocycles. The molecule has 2 unspecified atom stereocenters. The molecule has 1 aromatic rings. The second kappa shape index (κ2) is 9.72. The molecule has 2 aliphatic rings. The van der Waals surface area contributed by atoms with E-state index < -0.39 is 12.6 Å². The van der Waals surface area contributed by atoms with Gasteiger partial charge in [0, 0.05) is 29.9 Å². The molecule has 0 saturated heterocycles. The second-order valence-electron chi connectivity index (χ2n) is 8.23. The summed E-state index contributed by atoms with van der Waals surface area (Å²) >= 11 is 0. The molecule has 172 valence electrons. The van der Waals surface area contributed by atoms with Gasteiger partial charge < -0.3 is 14.4 Å². The molecule has 0 saturated carbocycles. The zero-order valence-corrected chi connectivity index (χ0v) is 19.0. The Balaban J connectivity index is 1.66. The third-order valence-electron chi connectivity index (χ3n) is 5.68. The van der Waals surface area contributed by atoms with E-state index in [4.69, 9.17) is 9.47 Å². The molecule has 0 radical (unpaired) electrons. The molecule has 0 spiro atoms. The van der Waals surface area contributed by atoms with Gasteiger partial charge in [0.15, 0.2) is 0 Å². The van der Waals surface area contributed by atoms with Crippen LogP contribution in [0.25, 0.3) is 6.08 Å². The summed E-state index contributed by atoms with van der Waals surface area (Å²) in [5, 5.41) is 0. The molecule has 0 N–H and O–H groups in total. The maximum atomic E-state index is 12.9. The summed E-state index contributed by atoms with van der Waals surface area (Å²) in [4.78, 5) is 2.11. The minimum Gasteiger partial charge on any atom is -0.496 e. The number of allylic oxidation sites excluding steroid dienone is 5. The molecule has 3 rings (SSSR count). The molecule has 3 nitrogen and oxygen atoms in total. The second-order valence-corrected chi connectivity index (χ2v) is 8.23. The summed E-state index contributed by atoms with van der Waals surface area (Å²) in [5.74, 6) is 1.11. The average molecular weight is 446 g/mol. The Labute approximate surface area is 188 Å². The van der Waals surface area contributed by atoms with Crippen molar-refractivity contribution in [1.82, 2.24) is 4.90 Å². The Morgan fingerprint density at radius 2 is 1.84 bits per heavy atom. The van der Waals surface area contributed by atoms with Crippen LogP contribution in [0.2, 0.25) is 0 Å². The van der Waals surface area contributed by atoms with Crippen molar-refractivity contribution in [2.45, 2.75) is 32.9 Å². The largest absolute Gasteiger partial charge is 0.496 e. The monoisotopic (exact) mass is 445 g/mol. The van der Waals surface area contributed by atoms with Crippen LogP contribution in [0.4, 0.5) is 13.2 Å². The van der Waals surface area contributed by atoms with Crippen molar-refractivity contribution in [3.05, 3.63) is 77.2 Å². The normalized spacial score (nSPS) is 19.2. The van der Waals surface area contributed by atoms with E-state index in [9.17, 15) is 13.2 Å². The van der Waals surface area contributed by atoms with Crippen molar-refractivity contribution in [2.24, 2.45) is 11.8 Å². The molecule has 1 aromatic carbocycles. The number of hydrogen-bond donors (Lipinski definition) is 0.